The summed E-state index contributed by atoms with van der Waals surface area (Å²) >= 11 is 0. The third kappa shape index (κ3) is 4.72. The lowest BCUT2D eigenvalue weighted by atomic mass is 9.79. The lowest BCUT2D eigenvalue weighted by Gasteiger charge is -2.27. The van der Waals surface area contributed by atoms with Gasteiger partial charge >= 0.3 is 0 Å². The fourth-order valence-electron chi connectivity index (χ4n) is 2.59. The van der Waals surface area contributed by atoms with E-state index in [1.54, 1.807) is 0 Å². The Labute approximate surface area is 114 Å². The van der Waals surface area contributed by atoms with Gasteiger partial charge in [-0.25, -0.2) is 0 Å². The van der Waals surface area contributed by atoms with E-state index in [0.29, 0.717) is 23.8 Å². The van der Waals surface area contributed by atoms with Crippen LogP contribution < -0.4 is 0 Å². The Morgan fingerprint density at radius 2 is 2.06 bits per heavy atom. The summed E-state index contributed by atoms with van der Waals surface area (Å²) in [6.07, 6.45) is 3.98. The van der Waals surface area contributed by atoms with E-state index in [-0.39, 0.29) is 0 Å². The number of hydroxylamine groups is 2. The number of rotatable bonds is 5. The van der Waals surface area contributed by atoms with Crippen LogP contribution in [0.25, 0.3) is 0 Å². The summed E-state index contributed by atoms with van der Waals surface area (Å²) in [5.74, 6) is 0.706. The minimum Gasteiger partial charge on any atom is -0.347 e. The van der Waals surface area contributed by atoms with E-state index < -0.39 is 9.04 Å². The van der Waals surface area contributed by atoms with Crippen LogP contribution in [0.15, 0.2) is 0 Å². The molecule has 1 heterocycles. The Balaban J connectivity index is 2.57. The maximum Gasteiger partial charge on any atom is 0.199 e. The average Bonchev–Trinajstić information content (AvgIpc) is 2.61. The van der Waals surface area contributed by atoms with Crippen molar-refractivity contribution >= 4 is 9.04 Å². The summed E-state index contributed by atoms with van der Waals surface area (Å²) in [4.78, 5) is 0. The van der Waals surface area contributed by atoms with E-state index >= 15 is 0 Å². The molecule has 2 atom stereocenters. The molecular formula is C14H28N2OSi. The van der Waals surface area contributed by atoms with Gasteiger partial charge in [0.25, 0.3) is 0 Å². The van der Waals surface area contributed by atoms with Crippen LogP contribution in [0.2, 0.25) is 13.1 Å². The van der Waals surface area contributed by atoms with Crippen LogP contribution in [0.1, 0.15) is 46.5 Å². The molecule has 1 fully saturated rings. The second-order valence-electron chi connectivity index (χ2n) is 6.76. The van der Waals surface area contributed by atoms with Gasteiger partial charge in [0.2, 0.25) is 0 Å². The van der Waals surface area contributed by atoms with Crippen LogP contribution in [0.4, 0.5) is 0 Å². The SMILES string of the molecule is C[SiH](C)ON1C[C@@H](C(C)(C)C)C[C@H]1CCCC#N. The molecule has 1 aliphatic heterocycles. The van der Waals surface area contributed by atoms with Gasteiger partial charge in [-0.15, -0.1) is 0 Å². The molecule has 1 rings (SSSR count). The number of hydrogen-bond acceptors (Lipinski definition) is 3. The van der Waals surface area contributed by atoms with E-state index in [1.807, 2.05) is 0 Å². The predicted molar refractivity (Wildman–Crippen MR) is 77.5 cm³/mol. The van der Waals surface area contributed by atoms with Gasteiger partial charge in [0, 0.05) is 19.0 Å². The predicted octanol–water partition coefficient (Wildman–Crippen LogP) is 3.33. The highest BCUT2D eigenvalue weighted by Crippen LogP contribution is 2.38. The molecule has 1 aliphatic rings. The van der Waals surface area contributed by atoms with Crippen molar-refractivity contribution in [1.29, 1.82) is 5.26 Å². The zero-order valence-corrected chi connectivity index (χ0v) is 13.7. The quantitative estimate of drug-likeness (QED) is 0.567. The maximum absolute atomic E-state index is 8.64. The molecule has 0 spiro atoms. The number of unbranched alkanes of at least 4 members (excludes halogenated alkanes) is 1. The van der Waals surface area contributed by atoms with Gasteiger partial charge in [-0.2, -0.15) is 10.3 Å². The van der Waals surface area contributed by atoms with Gasteiger partial charge in [0.1, 0.15) is 0 Å². The van der Waals surface area contributed by atoms with Gasteiger partial charge in [-0.05, 0) is 43.7 Å². The van der Waals surface area contributed by atoms with Crippen molar-refractivity contribution in [3.8, 4) is 6.07 Å². The van der Waals surface area contributed by atoms with Gasteiger partial charge in [-0.3, -0.25) is 0 Å². The zero-order chi connectivity index (χ0) is 13.8. The van der Waals surface area contributed by atoms with Crippen molar-refractivity contribution in [2.24, 2.45) is 11.3 Å². The van der Waals surface area contributed by atoms with Crippen LogP contribution in [-0.2, 0) is 4.53 Å². The molecule has 0 bridgehead atoms. The van der Waals surface area contributed by atoms with Crippen LogP contribution in [0.5, 0.6) is 0 Å². The van der Waals surface area contributed by atoms with Crippen molar-refractivity contribution in [2.75, 3.05) is 6.54 Å². The monoisotopic (exact) mass is 268 g/mol. The van der Waals surface area contributed by atoms with Crippen LogP contribution in [-0.4, -0.2) is 26.7 Å². The summed E-state index contributed by atoms with van der Waals surface area (Å²) in [6.45, 7) is 12.5. The molecule has 0 aromatic heterocycles. The van der Waals surface area contributed by atoms with Gasteiger partial charge in [0.15, 0.2) is 9.04 Å². The third-order valence-corrected chi connectivity index (χ3v) is 4.45. The molecule has 18 heavy (non-hydrogen) atoms. The van der Waals surface area contributed by atoms with Gasteiger partial charge < -0.3 is 4.53 Å². The molecule has 3 nitrogen and oxygen atoms in total. The standard InChI is InChI=1S/C14H28N2OSi/c1-14(2,3)12-10-13(8-6-7-9-15)16(11-12)17-18(4)5/h12-13,18H,6-8,10-11H2,1-5H3/t12-,13+/m0/s1. The molecular weight excluding hydrogens is 240 g/mol. The Bertz CT molecular complexity index is 293. The summed E-state index contributed by atoms with van der Waals surface area (Å²) in [6, 6.07) is 2.76. The summed E-state index contributed by atoms with van der Waals surface area (Å²) in [5, 5.41) is 10.9. The van der Waals surface area contributed by atoms with Crippen molar-refractivity contribution < 1.29 is 4.53 Å². The molecule has 0 aromatic carbocycles. The van der Waals surface area contributed by atoms with Gasteiger partial charge in [0.05, 0.1) is 6.07 Å². The minimum absolute atomic E-state index is 0.351. The Hall–Kier alpha value is -0.373. The minimum atomic E-state index is -1.02. The number of nitriles is 1. The smallest absolute Gasteiger partial charge is 0.199 e. The third-order valence-electron chi connectivity index (χ3n) is 3.76. The van der Waals surface area contributed by atoms with Crippen molar-refractivity contribution in [3.63, 3.8) is 0 Å². The van der Waals surface area contributed by atoms with Crippen LogP contribution in [0, 0.1) is 22.7 Å². The van der Waals surface area contributed by atoms with Crippen LogP contribution >= 0.6 is 0 Å². The first-order valence-electron chi connectivity index (χ1n) is 7.15. The van der Waals surface area contributed by atoms with Crippen molar-refractivity contribution in [2.45, 2.75) is 65.6 Å². The average molecular weight is 268 g/mol. The van der Waals surface area contributed by atoms with E-state index in [1.165, 1.54) is 6.42 Å². The molecule has 0 aliphatic carbocycles. The van der Waals surface area contributed by atoms with Crippen LogP contribution in [0.3, 0.4) is 0 Å². The Morgan fingerprint density at radius 1 is 1.39 bits per heavy atom. The highest BCUT2D eigenvalue weighted by Gasteiger charge is 2.38. The summed E-state index contributed by atoms with van der Waals surface area (Å²) in [7, 11) is -1.02. The van der Waals surface area contributed by atoms with Crippen molar-refractivity contribution in [3.05, 3.63) is 0 Å². The lowest BCUT2D eigenvalue weighted by molar-refractivity contribution is -0.0802. The van der Waals surface area contributed by atoms with E-state index in [9.17, 15) is 0 Å². The van der Waals surface area contributed by atoms with E-state index in [2.05, 4.69) is 45.0 Å². The molecule has 4 heteroatoms. The maximum atomic E-state index is 8.64. The molecule has 0 unspecified atom stereocenters. The molecule has 0 saturated carbocycles. The van der Waals surface area contributed by atoms with Crippen molar-refractivity contribution in [1.82, 2.24) is 5.06 Å². The van der Waals surface area contributed by atoms with E-state index in [4.69, 9.17) is 9.79 Å². The zero-order valence-electron chi connectivity index (χ0n) is 12.6. The number of hydrogen-bond donors (Lipinski definition) is 0. The molecule has 0 N–H and O–H groups in total. The number of nitrogens with zero attached hydrogens (tertiary/aromatic N) is 2. The first-order chi connectivity index (χ1) is 8.34. The first-order valence-corrected chi connectivity index (χ1v) is 9.93. The topological polar surface area (TPSA) is 36.3 Å². The van der Waals surface area contributed by atoms with Gasteiger partial charge in [-0.1, -0.05) is 20.8 Å². The molecule has 0 radical (unpaired) electrons. The first kappa shape index (κ1) is 15.7. The Morgan fingerprint density at radius 3 is 2.56 bits per heavy atom. The highest BCUT2D eigenvalue weighted by molar-refractivity contribution is 6.48. The molecule has 0 amide bonds. The second kappa shape index (κ2) is 6.69. The lowest BCUT2D eigenvalue weighted by Crippen LogP contribution is -2.34. The second-order valence-corrected chi connectivity index (χ2v) is 9.06. The normalized spacial score (nSPS) is 25.6. The highest BCUT2D eigenvalue weighted by atomic mass is 28.3. The van der Waals surface area contributed by atoms with E-state index in [0.717, 1.165) is 19.4 Å². The molecule has 1 saturated heterocycles. The fraction of sp³-hybridized carbons (Fsp3) is 0.929. The molecule has 0 aromatic rings. The Kier molecular flexibility index (Phi) is 5.83. The molecule has 104 valence electrons. The fourth-order valence-corrected chi connectivity index (χ4v) is 3.39. The summed E-state index contributed by atoms with van der Waals surface area (Å²) < 4.78 is 6.07. The largest absolute Gasteiger partial charge is 0.347 e. The summed E-state index contributed by atoms with van der Waals surface area (Å²) in [5.41, 5.74) is 0.351.